The van der Waals surface area contributed by atoms with Gasteiger partial charge in [-0.1, -0.05) is 11.3 Å². The monoisotopic (exact) mass is 282 g/mol. The molecule has 2 aromatic heterocycles. The highest BCUT2D eigenvalue weighted by Gasteiger charge is 2.20. The number of hydrogen-bond donors (Lipinski definition) is 2. The van der Waals surface area contributed by atoms with E-state index in [1.165, 1.54) is 11.3 Å². The molecule has 0 radical (unpaired) electrons. The lowest BCUT2D eigenvalue weighted by Gasteiger charge is -2.31. The van der Waals surface area contributed by atoms with Crippen molar-refractivity contribution in [3.8, 4) is 0 Å². The van der Waals surface area contributed by atoms with Gasteiger partial charge in [0.1, 0.15) is 4.83 Å². The molecule has 1 saturated heterocycles. The zero-order chi connectivity index (χ0) is 12.7. The molecule has 1 aliphatic heterocycles. The molecule has 1 atom stereocenters. The lowest BCUT2D eigenvalue weighted by atomic mass is 10.2. The summed E-state index contributed by atoms with van der Waals surface area (Å²) in [6, 6.07) is 2.33. The van der Waals surface area contributed by atoms with Crippen molar-refractivity contribution in [3.05, 3.63) is 10.9 Å². The van der Waals surface area contributed by atoms with E-state index in [1.807, 2.05) is 6.07 Å². The van der Waals surface area contributed by atoms with Crippen LogP contribution in [0.2, 0.25) is 0 Å². The second kappa shape index (κ2) is 4.49. The fourth-order valence-electron chi connectivity index (χ4n) is 2.09. The number of rotatable bonds is 2. The summed E-state index contributed by atoms with van der Waals surface area (Å²) in [5.41, 5.74) is 5.27. The van der Waals surface area contributed by atoms with Crippen LogP contribution in [0.25, 0.3) is 9.53 Å². The molecule has 0 spiro atoms. The van der Waals surface area contributed by atoms with E-state index in [4.69, 9.17) is 5.73 Å². The van der Waals surface area contributed by atoms with Crippen LogP contribution < -0.4 is 16.0 Å². The second-order valence-electron chi connectivity index (χ2n) is 4.44. The number of primary amides is 1. The van der Waals surface area contributed by atoms with Gasteiger partial charge < -0.3 is 16.0 Å². The molecule has 1 fully saturated rings. The molecule has 2 aromatic rings. The number of nitrogens with one attached hydrogen (secondary N) is 1. The molecule has 96 valence electrons. The van der Waals surface area contributed by atoms with Crippen molar-refractivity contribution < 1.29 is 4.79 Å². The zero-order valence-electron chi connectivity index (χ0n) is 9.97. The average molecular weight is 282 g/mol. The van der Waals surface area contributed by atoms with Gasteiger partial charge in [0.2, 0.25) is 0 Å². The molecule has 0 aliphatic carbocycles. The van der Waals surface area contributed by atoms with Gasteiger partial charge in [0.05, 0.1) is 9.58 Å². The summed E-state index contributed by atoms with van der Waals surface area (Å²) in [6.07, 6.45) is 0. The Bertz CT molecular complexity index is 559. The van der Waals surface area contributed by atoms with Crippen molar-refractivity contribution in [1.82, 2.24) is 10.3 Å². The SMILES string of the molecule is C[C@@H]1CN(c2nc3sc(C(N)=O)cc3s2)CCN1. The summed E-state index contributed by atoms with van der Waals surface area (Å²) in [5.74, 6) is -0.373. The van der Waals surface area contributed by atoms with Gasteiger partial charge in [-0.3, -0.25) is 4.79 Å². The number of aromatic nitrogens is 1. The Morgan fingerprint density at radius 2 is 2.44 bits per heavy atom. The summed E-state index contributed by atoms with van der Waals surface area (Å²) in [7, 11) is 0. The highest BCUT2D eigenvalue weighted by atomic mass is 32.1. The lowest BCUT2D eigenvalue weighted by molar-refractivity contribution is 0.100. The van der Waals surface area contributed by atoms with E-state index in [-0.39, 0.29) is 5.91 Å². The van der Waals surface area contributed by atoms with E-state index in [9.17, 15) is 4.79 Å². The predicted molar refractivity (Wildman–Crippen MR) is 75.7 cm³/mol. The van der Waals surface area contributed by atoms with Crippen LogP contribution >= 0.6 is 22.7 Å². The van der Waals surface area contributed by atoms with Gasteiger partial charge in [-0.2, -0.15) is 0 Å². The maximum Gasteiger partial charge on any atom is 0.258 e. The van der Waals surface area contributed by atoms with Crippen molar-refractivity contribution in [1.29, 1.82) is 0 Å². The summed E-state index contributed by atoms with van der Waals surface area (Å²) in [4.78, 5) is 19.5. The molecule has 1 amide bonds. The standard InChI is InChI=1S/C11H14N4OS2/c1-6-5-15(3-2-13-6)11-14-10-8(18-11)4-7(17-10)9(12)16/h4,6,13H,2-3,5H2,1H3,(H2,12,16)/t6-/m1/s1. The Kier molecular flexibility index (Phi) is 2.96. The highest BCUT2D eigenvalue weighted by molar-refractivity contribution is 7.29. The molecule has 0 aromatic carbocycles. The number of piperazine rings is 1. The number of carbonyl (C=O) groups is 1. The molecule has 3 rings (SSSR count). The predicted octanol–water partition coefficient (Wildman–Crippen LogP) is 1.25. The number of amides is 1. The van der Waals surface area contributed by atoms with Crippen LogP contribution in [-0.2, 0) is 0 Å². The largest absolute Gasteiger partial charge is 0.365 e. The molecule has 0 saturated carbocycles. The number of anilines is 1. The zero-order valence-corrected chi connectivity index (χ0v) is 11.6. The Morgan fingerprint density at radius 3 is 3.11 bits per heavy atom. The van der Waals surface area contributed by atoms with Gasteiger partial charge >= 0.3 is 0 Å². The summed E-state index contributed by atoms with van der Waals surface area (Å²) in [5, 5.41) is 4.45. The Labute approximate surface area is 113 Å². The molecular weight excluding hydrogens is 268 g/mol. The number of fused-ring (bicyclic) bond motifs is 1. The van der Waals surface area contributed by atoms with Crippen LogP contribution in [-0.4, -0.2) is 36.6 Å². The summed E-state index contributed by atoms with van der Waals surface area (Å²) in [6.45, 7) is 5.12. The van der Waals surface area contributed by atoms with Crippen LogP contribution in [0.4, 0.5) is 5.13 Å². The van der Waals surface area contributed by atoms with Crippen molar-refractivity contribution in [3.63, 3.8) is 0 Å². The quantitative estimate of drug-likeness (QED) is 0.870. The smallest absolute Gasteiger partial charge is 0.258 e. The normalized spacial score (nSPS) is 20.5. The highest BCUT2D eigenvalue weighted by Crippen LogP contribution is 2.34. The van der Waals surface area contributed by atoms with Gasteiger partial charge in [-0.15, -0.1) is 11.3 Å². The third-order valence-electron chi connectivity index (χ3n) is 2.96. The van der Waals surface area contributed by atoms with Crippen molar-refractivity contribution in [2.24, 2.45) is 5.73 Å². The summed E-state index contributed by atoms with van der Waals surface area (Å²) >= 11 is 3.01. The Morgan fingerprint density at radius 1 is 1.61 bits per heavy atom. The van der Waals surface area contributed by atoms with Gasteiger partial charge in [0.15, 0.2) is 5.13 Å². The Balaban J connectivity index is 1.89. The van der Waals surface area contributed by atoms with E-state index in [1.54, 1.807) is 11.3 Å². The van der Waals surface area contributed by atoms with E-state index in [0.717, 1.165) is 34.3 Å². The minimum absolute atomic E-state index is 0.373. The first-order valence-corrected chi connectivity index (χ1v) is 7.45. The Hall–Kier alpha value is -1.18. The summed E-state index contributed by atoms with van der Waals surface area (Å²) < 4.78 is 1.05. The molecule has 0 unspecified atom stereocenters. The van der Waals surface area contributed by atoms with Crippen molar-refractivity contribution in [2.45, 2.75) is 13.0 Å². The van der Waals surface area contributed by atoms with E-state index < -0.39 is 0 Å². The van der Waals surface area contributed by atoms with Crippen LogP contribution in [0.5, 0.6) is 0 Å². The molecule has 0 bridgehead atoms. The van der Waals surface area contributed by atoms with Crippen LogP contribution in [0, 0.1) is 0 Å². The van der Waals surface area contributed by atoms with Crippen LogP contribution in [0.15, 0.2) is 6.07 Å². The molecule has 1 aliphatic rings. The lowest BCUT2D eigenvalue weighted by Crippen LogP contribution is -2.49. The van der Waals surface area contributed by atoms with Crippen LogP contribution in [0.1, 0.15) is 16.6 Å². The maximum atomic E-state index is 11.1. The first-order chi connectivity index (χ1) is 8.63. The molecule has 3 N–H and O–H groups in total. The molecule has 5 nitrogen and oxygen atoms in total. The first-order valence-electron chi connectivity index (χ1n) is 5.82. The first kappa shape index (κ1) is 11.9. The average Bonchev–Trinajstić information content (AvgIpc) is 2.86. The van der Waals surface area contributed by atoms with Gasteiger partial charge in [-0.25, -0.2) is 4.98 Å². The van der Waals surface area contributed by atoms with Crippen LogP contribution in [0.3, 0.4) is 0 Å². The topological polar surface area (TPSA) is 71.2 Å². The van der Waals surface area contributed by atoms with Gasteiger partial charge in [0, 0.05) is 25.7 Å². The third-order valence-corrected chi connectivity index (χ3v) is 5.20. The van der Waals surface area contributed by atoms with E-state index in [2.05, 4.69) is 22.1 Å². The number of hydrogen-bond acceptors (Lipinski definition) is 6. The van der Waals surface area contributed by atoms with E-state index >= 15 is 0 Å². The molecule has 18 heavy (non-hydrogen) atoms. The minimum atomic E-state index is -0.373. The maximum absolute atomic E-state index is 11.1. The fourth-order valence-corrected chi connectivity index (χ4v) is 4.18. The number of thiophene rings is 1. The molecular formula is C11H14N4OS2. The number of nitrogens with two attached hydrogens (primary N) is 1. The molecule has 3 heterocycles. The second-order valence-corrected chi connectivity index (χ2v) is 6.48. The molecule has 7 heteroatoms. The number of nitrogens with zero attached hydrogens (tertiary/aromatic N) is 2. The third kappa shape index (κ3) is 2.09. The van der Waals surface area contributed by atoms with E-state index in [0.29, 0.717) is 10.9 Å². The van der Waals surface area contributed by atoms with Gasteiger partial charge in [-0.05, 0) is 13.0 Å². The minimum Gasteiger partial charge on any atom is -0.365 e. The number of thiazole rings is 1. The fraction of sp³-hybridized carbons (Fsp3) is 0.455. The van der Waals surface area contributed by atoms with Gasteiger partial charge in [0.25, 0.3) is 5.91 Å². The van der Waals surface area contributed by atoms with Crippen molar-refractivity contribution >= 4 is 43.2 Å². The van der Waals surface area contributed by atoms with Crippen molar-refractivity contribution in [2.75, 3.05) is 24.5 Å². The number of carbonyl (C=O) groups excluding carboxylic acids is 1.